The Balaban J connectivity index is 2.44. The molecule has 0 radical (unpaired) electrons. The first-order valence-corrected chi connectivity index (χ1v) is 5.94. The quantitative estimate of drug-likeness (QED) is 0.834. The van der Waals surface area contributed by atoms with Crippen molar-refractivity contribution in [2.45, 2.75) is 12.6 Å². The van der Waals surface area contributed by atoms with Crippen molar-refractivity contribution in [3.63, 3.8) is 0 Å². The second-order valence-corrected chi connectivity index (χ2v) is 4.54. The van der Waals surface area contributed by atoms with Crippen LogP contribution in [-0.2, 0) is 6.54 Å². The standard InChI is InChI=1S/C10H10ClNO2S/c11-5-7(13)6-12-3-1-9-8(10(12)14)2-4-15-9/h1-4,7,13H,5-6H2. The molecule has 0 spiro atoms. The van der Waals surface area contributed by atoms with Crippen LogP contribution in [0.15, 0.2) is 28.5 Å². The summed E-state index contributed by atoms with van der Waals surface area (Å²) in [6.45, 7) is 0.244. The van der Waals surface area contributed by atoms with Crippen LogP contribution in [0.1, 0.15) is 0 Å². The maximum Gasteiger partial charge on any atom is 0.259 e. The minimum absolute atomic E-state index is 0.0714. The molecule has 1 N–H and O–H groups in total. The number of pyridine rings is 1. The molecular weight excluding hydrogens is 234 g/mol. The molecule has 5 heteroatoms. The highest BCUT2D eigenvalue weighted by molar-refractivity contribution is 7.17. The molecule has 0 amide bonds. The Morgan fingerprint density at radius 3 is 3.07 bits per heavy atom. The van der Waals surface area contributed by atoms with E-state index in [9.17, 15) is 9.90 Å². The molecule has 2 aromatic heterocycles. The predicted molar refractivity (Wildman–Crippen MR) is 62.8 cm³/mol. The van der Waals surface area contributed by atoms with E-state index in [2.05, 4.69) is 0 Å². The van der Waals surface area contributed by atoms with Crippen molar-refractivity contribution in [1.82, 2.24) is 4.57 Å². The fourth-order valence-corrected chi connectivity index (χ4v) is 2.30. The van der Waals surface area contributed by atoms with Gasteiger partial charge >= 0.3 is 0 Å². The molecule has 15 heavy (non-hydrogen) atoms. The average molecular weight is 244 g/mol. The number of hydrogen-bond donors (Lipinski definition) is 1. The Bertz CT molecular complexity index is 519. The maximum atomic E-state index is 11.9. The Kier molecular flexibility index (Phi) is 3.09. The third-order valence-corrected chi connectivity index (χ3v) is 3.42. The van der Waals surface area contributed by atoms with Gasteiger partial charge in [-0.1, -0.05) is 0 Å². The monoisotopic (exact) mass is 243 g/mol. The van der Waals surface area contributed by atoms with Gasteiger partial charge in [0.05, 0.1) is 23.9 Å². The SMILES string of the molecule is O=c1c2ccsc2ccn1CC(O)CCl. The van der Waals surface area contributed by atoms with Gasteiger partial charge in [-0.3, -0.25) is 4.79 Å². The van der Waals surface area contributed by atoms with Crippen LogP contribution in [-0.4, -0.2) is 21.7 Å². The largest absolute Gasteiger partial charge is 0.390 e. The van der Waals surface area contributed by atoms with Crippen LogP contribution < -0.4 is 5.56 Å². The van der Waals surface area contributed by atoms with Crippen molar-refractivity contribution in [2.75, 3.05) is 5.88 Å². The molecule has 0 fully saturated rings. The summed E-state index contributed by atoms with van der Waals surface area (Å²) in [6, 6.07) is 3.67. The summed E-state index contributed by atoms with van der Waals surface area (Å²) < 4.78 is 2.46. The highest BCUT2D eigenvalue weighted by Gasteiger charge is 2.07. The minimum atomic E-state index is -0.680. The lowest BCUT2D eigenvalue weighted by molar-refractivity contribution is 0.175. The fraction of sp³-hybridized carbons (Fsp3) is 0.300. The molecule has 2 aromatic rings. The highest BCUT2D eigenvalue weighted by atomic mass is 35.5. The van der Waals surface area contributed by atoms with Gasteiger partial charge in [-0.05, 0) is 17.5 Å². The lowest BCUT2D eigenvalue weighted by Gasteiger charge is -2.09. The molecule has 0 aliphatic heterocycles. The van der Waals surface area contributed by atoms with Crippen molar-refractivity contribution in [3.8, 4) is 0 Å². The van der Waals surface area contributed by atoms with Gasteiger partial charge < -0.3 is 9.67 Å². The zero-order valence-electron chi connectivity index (χ0n) is 7.89. The summed E-state index contributed by atoms with van der Waals surface area (Å²) in [5.74, 6) is 0.133. The first-order chi connectivity index (χ1) is 7.22. The number of aliphatic hydroxyl groups excluding tert-OH is 1. The molecule has 0 saturated carbocycles. The second-order valence-electron chi connectivity index (χ2n) is 3.28. The molecule has 3 nitrogen and oxygen atoms in total. The van der Waals surface area contributed by atoms with Crippen LogP contribution in [0.4, 0.5) is 0 Å². The van der Waals surface area contributed by atoms with Gasteiger partial charge in [0.25, 0.3) is 5.56 Å². The van der Waals surface area contributed by atoms with E-state index in [4.69, 9.17) is 11.6 Å². The van der Waals surface area contributed by atoms with Crippen LogP contribution in [0.25, 0.3) is 10.1 Å². The maximum absolute atomic E-state index is 11.9. The molecule has 2 rings (SSSR count). The summed E-state index contributed by atoms with van der Waals surface area (Å²) in [4.78, 5) is 11.9. The number of thiophene rings is 1. The third-order valence-electron chi connectivity index (χ3n) is 2.18. The lowest BCUT2D eigenvalue weighted by Crippen LogP contribution is -2.26. The number of fused-ring (bicyclic) bond motifs is 1. The van der Waals surface area contributed by atoms with E-state index in [-0.39, 0.29) is 18.0 Å². The van der Waals surface area contributed by atoms with Gasteiger partial charge in [0.2, 0.25) is 0 Å². The van der Waals surface area contributed by atoms with Gasteiger partial charge in [-0.2, -0.15) is 0 Å². The molecule has 0 bridgehead atoms. The molecule has 2 heterocycles. The first-order valence-electron chi connectivity index (χ1n) is 4.53. The molecule has 0 aromatic carbocycles. The zero-order valence-corrected chi connectivity index (χ0v) is 9.46. The number of nitrogens with zero attached hydrogens (tertiary/aromatic N) is 1. The lowest BCUT2D eigenvalue weighted by atomic mass is 10.3. The number of rotatable bonds is 3. The molecule has 1 atom stereocenters. The number of aliphatic hydroxyl groups is 1. The minimum Gasteiger partial charge on any atom is -0.390 e. The van der Waals surface area contributed by atoms with E-state index >= 15 is 0 Å². The summed E-state index contributed by atoms with van der Waals surface area (Å²) in [5.41, 5.74) is -0.0714. The Labute approximate surface area is 95.5 Å². The zero-order chi connectivity index (χ0) is 10.8. The van der Waals surface area contributed by atoms with E-state index in [1.54, 1.807) is 12.3 Å². The van der Waals surface area contributed by atoms with E-state index in [1.165, 1.54) is 15.9 Å². The van der Waals surface area contributed by atoms with Gasteiger partial charge in [0.15, 0.2) is 0 Å². The van der Waals surface area contributed by atoms with Crippen molar-refractivity contribution >= 4 is 33.0 Å². The predicted octanol–water partition coefficient (Wildman–Crippen LogP) is 1.66. The second kappa shape index (κ2) is 4.35. The summed E-state index contributed by atoms with van der Waals surface area (Å²) in [5, 5.41) is 12.0. The molecule has 0 aliphatic carbocycles. The van der Waals surface area contributed by atoms with Gasteiger partial charge in [-0.15, -0.1) is 22.9 Å². The van der Waals surface area contributed by atoms with E-state index < -0.39 is 6.10 Å². The van der Waals surface area contributed by atoms with E-state index in [0.717, 1.165) is 4.70 Å². The number of alkyl halides is 1. The van der Waals surface area contributed by atoms with Gasteiger partial charge in [0.1, 0.15) is 0 Å². The third kappa shape index (κ3) is 2.07. The first kappa shape index (κ1) is 10.7. The van der Waals surface area contributed by atoms with Crippen LogP contribution in [0.2, 0.25) is 0 Å². The van der Waals surface area contributed by atoms with Crippen molar-refractivity contribution < 1.29 is 5.11 Å². The van der Waals surface area contributed by atoms with Crippen LogP contribution in [0.3, 0.4) is 0 Å². The average Bonchev–Trinajstić information content (AvgIpc) is 2.70. The van der Waals surface area contributed by atoms with E-state index in [0.29, 0.717) is 5.39 Å². The molecular formula is C10H10ClNO2S. The highest BCUT2D eigenvalue weighted by Crippen LogP contribution is 2.16. The number of aromatic nitrogens is 1. The normalized spacial score (nSPS) is 13.2. The Morgan fingerprint density at radius 1 is 1.53 bits per heavy atom. The summed E-state index contributed by atoms with van der Waals surface area (Å²) >= 11 is 7.02. The van der Waals surface area contributed by atoms with Crippen LogP contribution in [0.5, 0.6) is 0 Å². The van der Waals surface area contributed by atoms with Gasteiger partial charge in [-0.25, -0.2) is 0 Å². The van der Waals surface area contributed by atoms with Crippen molar-refractivity contribution in [1.29, 1.82) is 0 Å². The molecule has 80 valence electrons. The van der Waals surface area contributed by atoms with E-state index in [1.807, 2.05) is 11.4 Å². The van der Waals surface area contributed by atoms with Crippen LogP contribution >= 0.6 is 22.9 Å². The van der Waals surface area contributed by atoms with Crippen LogP contribution in [0, 0.1) is 0 Å². The molecule has 0 saturated heterocycles. The topological polar surface area (TPSA) is 42.2 Å². The van der Waals surface area contributed by atoms with Gasteiger partial charge in [0, 0.05) is 10.9 Å². The Hall–Kier alpha value is -0.840. The molecule has 0 aliphatic rings. The number of halogens is 1. The van der Waals surface area contributed by atoms with Crippen molar-refractivity contribution in [2.24, 2.45) is 0 Å². The smallest absolute Gasteiger partial charge is 0.259 e. The number of hydrogen-bond acceptors (Lipinski definition) is 3. The molecule has 1 unspecified atom stereocenters. The van der Waals surface area contributed by atoms with Crippen molar-refractivity contribution in [3.05, 3.63) is 34.1 Å². The summed E-state index contributed by atoms with van der Waals surface area (Å²) in [6.07, 6.45) is 1.01. The Morgan fingerprint density at radius 2 is 2.33 bits per heavy atom. The summed E-state index contributed by atoms with van der Waals surface area (Å²) in [7, 11) is 0. The fourth-order valence-electron chi connectivity index (χ4n) is 1.43.